The van der Waals surface area contributed by atoms with Gasteiger partial charge in [0.25, 0.3) is 5.56 Å². The molecule has 0 N–H and O–H groups in total. The first-order valence-electron chi connectivity index (χ1n) is 7.47. The van der Waals surface area contributed by atoms with E-state index in [1.54, 1.807) is 42.2 Å². The average Bonchev–Trinajstić information content (AvgIpc) is 2.61. The molecule has 0 aliphatic rings. The molecule has 0 fully saturated rings. The number of methoxy groups -OCH3 is 1. The van der Waals surface area contributed by atoms with Crippen molar-refractivity contribution in [2.45, 2.75) is 6.92 Å². The van der Waals surface area contributed by atoms with Crippen LogP contribution in [0.4, 0.5) is 0 Å². The van der Waals surface area contributed by atoms with E-state index in [0.29, 0.717) is 11.2 Å². The van der Waals surface area contributed by atoms with Gasteiger partial charge in [0.05, 0.1) is 12.6 Å². The van der Waals surface area contributed by atoms with E-state index >= 15 is 0 Å². The lowest BCUT2D eigenvalue weighted by molar-refractivity contribution is 0.415. The van der Waals surface area contributed by atoms with Crippen molar-refractivity contribution in [2.24, 2.45) is 0 Å². The Labute approximate surface area is 137 Å². The van der Waals surface area contributed by atoms with Crippen molar-refractivity contribution in [2.75, 3.05) is 7.11 Å². The van der Waals surface area contributed by atoms with Crippen LogP contribution < -0.4 is 10.3 Å². The molecule has 0 spiro atoms. The molecular formula is C18H14N4O2. The summed E-state index contributed by atoms with van der Waals surface area (Å²) in [5, 5.41) is 5.23. The first-order valence-corrected chi connectivity index (χ1v) is 7.47. The molecule has 0 atom stereocenters. The Hall–Kier alpha value is -3.28. The smallest absolute Gasteiger partial charge is 0.300 e. The molecule has 0 aliphatic heterocycles. The fourth-order valence-corrected chi connectivity index (χ4v) is 2.72. The monoisotopic (exact) mass is 318 g/mol. The number of fused-ring (bicyclic) bond motifs is 3. The predicted molar refractivity (Wildman–Crippen MR) is 91.3 cm³/mol. The van der Waals surface area contributed by atoms with Crippen molar-refractivity contribution < 1.29 is 4.74 Å². The molecule has 2 heterocycles. The van der Waals surface area contributed by atoms with Crippen LogP contribution >= 0.6 is 0 Å². The minimum absolute atomic E-state index is 0.281. The van der Waals surface area contributed by atoms with E-state index < -0.39 is 0 Å². The SMILES string of the molecule is COc1ccc(-c2nn3cnc4c(C)cccc4c3nc2=O)cc1. The highest BCUT2D eigenvalue weighted by Gasteiger charge is 2.11. The van der Waals surface area contributed by atoms with Gasteiger partial charge in [-0.2, -0.15) is 10.1 Å². The van der Waals surface area contributed by atoms with Gasteiger partial charge in [0.1, 0.15) is 12.1 Å². The Morgan fingerprint density at radius 2 is 1.88 bits per heavy atom. The van der Waals surface area contributed by atoms with E-state index in [1.807, 2.05) is 25.1 Å². The molecule has 0 saturated carbocycles. The molecule has 2 aromatic heterocycles. The van der Waals surface area contributed by atoms with Crippen LogP contribution in [0.1, 0.15) is 5.56 Å². The number of nitrogens with zero attached hydrogens (tertiary/aromatic N) is 4. The van der Waals surface area contributed by atoms with Crippen LogP contribution in [0.25, 0.3) is 27.8 Å². The Morgan fingerprint density at radius 3 is 2.62 bits per heavy atom. The van der Waals surface area contributed by atoms with Crippen LogP contribution in [-0.2, 0) is 0 Å². The Balaban J connectivity index is 1.97. The van der Waals surface area contributed by atoms with Gasteiger partial charge in [0, 0.05) is 10.9 Å². The third-order valence-electron chi connectivity index (χ3n) is 3.97. The van der Waals surface area contributed by atoms with Crippen LogP contribution in [0.5, 0.6) is 5.75 Å². The predicted octanol–water partition coefficient (Wildman–Crippen LogP) is 2.62. The fraction of sp³-hybridized carbons (Fsp3) is 0.111. The summed E-state index contributed by atoms with van der Waals surface area (Å²) >= 11 is 0. The zero-order valence-corrected chi connectivity index (χ0v) is 13.2. The summed E-state index contributed by atoms with van der Waals surface area (Å²) in [6.45, 7) is 1.98. The number of para-hydroxylation sites is 1. The molecule has 0 radical (unpaired) electrons. The molecule has 0 bridgehead atoms. The highest BCUT2D eigenvalue weighted by Crippen LogP contribution is 2.21. The van der Waals surface area contributed by atoms with Crippen molar-refractivity contribution in [1.29, 1.82) is 0 Å². The highest BCUT2D eigenvalue weighted by atomic mass is 16.5. The van der Waals surface area contributed by atoms with Crippen molar-refractivity contribution in [3.63, 3.8) is 0 Å². The van der Waals surface area contributed by atoms with Gasteiger partial charge in [-0.05, 0) is 42.8 Å². The zero-order valence-electron chi connectivity index (χ0n) is 13.2. The van der Waals surface area contributed by atoms with Gasteiger partial charge in [0.2, 0.25) is 0 Å². The summed E-state index contributed by atoms with van der Waals surface area (Å²) in [5.41, 5.74) is 2.96. The second-order valence-electron chi connectivity index (χ2n) is 5.48. The lowest BCUT2D eigenvalue weighted by Crippen LogP contribution is -2.16. The molecule has 0 amide bonds. The van der Waals surface area contributed by atoms with Crippen molar-refractivity contribution >= 4 is 16.6 Å². The molecular weight excluding hydrogens is 304 g/mol. The zero-order chi connectivity index (χ0) is 16.7. The summed E-state index contributed by atoms with van der Waals surface area (Å²) < 4.78 is 6.68. The number of ether oxygens (including phenoxy) is 1. The van der Waals surface area contributed by atoms with E-state index in [2.05, 4.69) is 15.1 Å². The van der Waals surface area contributed by atoms with Gasteiger partial charge in [-0.25, -0.2) is 9.50 Å². The van der Waals surface area contributed by atoms with Gasteiger partial charge >= 0.3 is 0 Å². The lowest BCUT2D eigenvalue weighted by atomic mass is 10.1. The molecule has 0 aliphatic carbocycles. The Morgan fingerprint density at radius 1 is 1.08 bits per heavy atom. The summed E-state index contributed by atoms with van der Waals surface area (Å²) in [4.78, 5) is 21.2. The van der Waals surface area contributed by atoms with Gasteiger partial charge < -0.3 is 4.74 Å². The van der Waals surface area contributed by atoms with Gasteiger partial charge in [-0.3, -0.25) is 4.79 Å². The maximum atomic E-state index is 12.5. The van der Waals surface area contributed by atoms with Crippen LogP contribution in [-0.4, -0.2) is 26.7 Å². The molecule has 4 aromatic rings. The van der Waals surface area contributed by atoms with Gasteiger partial charge in [-0.15, -0.1) is 0 Å². The molecule has 24 heavy (non-hydrogen) atoms. The highest BCUT2D eigenvalue weighted by molar-refractivity contribution is 5.92. The lowest BCUT2D eigenvalue weighted by Gasteiger charge is -2.07. The third kappa shape index (κ3) is 2.20. The van der Waals surface area contributed by atoms with Gasteiger partial charge in [-0.1, -0.05) is 12.1 Å². The summed E-state index contributed by atoms with van der Waals surface area (Å²) in [7, 11) is 1.60. The molecule has 118 valence electrons. The maximum absolute atomic E-state index is 12.5. The minimum atomic E-state index is -0.367. The topological polar surface area (TPSA) is 69.4 Å². The first kappa shape index (κ1) is 14.3. The number of rotatable bonds is 2. The van der Waals surface area contributed by atoms with E-state index in [4.69, 9.17) is 4.74 Å². The standard InChI is InChI=1S/C18H14N4O2/c1-11-4-3-5-14-15(11)19-10-22-17(14)20-18(23)16(21-22)12-6-8-13(24-2)9-7-12/h3-10H,1-2H3. The summed E-state index contributed by atoms with van der Waals surface area (Å²) in [6.07, 6.45) is 1.59. The van der Waals surface area contributed by atoms with Crippen molar-refractivity contribution in [1.82, 2.24) is 19.6 Å². The van der Waals surface area contributed by atoms with Crippen LogP contribution in [0, 0.1) is 6.92 Å². The molecule has 4 rings (SSSR count). The first-order chi connectivity index (χ1) is 11.7. The van der Waals surface area contributed by atoms with Crippen LogP contribution in [0.2, 0.25) is 0 Å². The summed E-state index contributed by atoms with van der Waals surface area (Å²) in [6, 6.07) is 12.9. The molecule has 0 unspecified atom stereocenters. The van der Waals surface area contributed by atoms with Crippen molar-refractivity contribution in [3.8, 4) is 17.0 Å². The third-order valence-corrected chi connectivity index (χ3v) is 3.97. The van der Waals surface area contributed by atoms with Crippen LogP contribution in [0.3, 0.4) is 0 Å². The Bertz CT molecular complexity index is 1120. The second-order valence-corrected chi connectivity index (χ2v) is 5.48. The number of benzene rings is 2. The van der Waals surface area contributed by atoms with Crippen molar-refractivity contribution in [3.05, 3.63) is 64.7 Å². The second kappa shape index (κ2) is 5.42. The van der Waals surface area contributed by atoms with E-state index in [0.717, 1.165) is 22.2 Å². The number of aryl methyl sites for hydroxylation is 1. The maximum Gasteiger partial charge on any atom is 0.300 e. The normalized spacial score (nSPS) is 11.1. The fourth-order valence-electron chi connectivity index (χ4n) is 2.72. The minimum Gasteiger partial charge on any atom is -0.497 e. The van der Waals surface area contributed by atoms with E-state index in [-0.39, 0.29) is 11.3 Å². The number of hydrogen-bond donors (Lipinski definition) is 0. The largest absolute Gasteiger partial charge is 0.497 e. The summed E-state index contributed by atoms with van der Waals surface area (Å²) in [5.74, 6) is 0.718. The Kier molecular flexibility index (Phi) is 3.23. The van der Waals surface area contributed by atoms with E-state index in [1.165, 1.54) is 0 Å². The molecule has 0 saturated heterocycles. The molecule has 6 nitrogen and oxygen atoms in total. The quantitative estimate of drug-likeness (QED) is 0.531. The number of hydrogen-bond acceptors (Lipinski definition) is 5. The molecule has 2 aromatic carbocycles. The number of aromatic nitrogens is 4. The van der Waals surface area contributed by atoms with Gasteiger partial charge in [0.15, 0.2) is 11.3 Å². The van der Waals surface area contributed by atoms with Crippen LogP contribution in [0.15, 0.2) is 53.6 Å². The van der Waals surface area contributed by atoms with E-state index in [9.17, 15) is 4.79 Å². The average molecular weight is 318 g/mol. The molecule has 6 heteroatoms.